The number of nitrogens with zero attached hydrogens (tertiary/aromatic N) is 4. The Morgan fingerprint density at radius 2 is 1.96 bits per heavy atom. The fraction of sp³-hybridized carbons (Fsp3) is 0.167. The molecule has 0 fully saturated rings. The maximum absolute atomic E-state index is 12.6. The fourth-order valence-corrected chi connectivity index (χ4v) is 3.87. The van der Waals surface area contributed by atoms with Crippen LogP contribution in [0.5, 0.6) is 0 Å². The normalized spacial score (nSPS) is 16.3. The molecule has 9 heteroatoms. The Balaban J connectivity index is 1.55. The van der Waals surface area contributed by atoms with Crippen LogP contribution in [0, 0.1) is 0 Å². The van der Waals surface area contributed by atoms with Crippen LogP contribution in [-0.4, -0.2) is 42.4 Å². The molecular weight excluding hydrogens is 366 g/mol. The lowest BCUT2D eigenvalue weighted by atomic mass is 10.1. The van der Waals surface area contributed by atoms with Crippen LogP contribution in [0.15, 0.2) is 53.7 Å². The van der Waals surface area contributed by atoms with Gasteiger partial charge in [-0.15, -0.1) is 5.10 Å². The summed E-state index contributed by atoms with van der Waals surface area (Å²) in [6.45, 7) is 0. The lowest BCUT2D eigenvalue weighted by Gasteiger charge is -2.12. The zero-order chi connectivity index (χ0) is 18.8. The van der Waals surface area contributed by atoms with Crippen LogP contribution in [0.2, 0.25) is 0 Å². The van der Waals surface area contributed by atoms with E-state index in [4.69, 9.17) is 5.11 Å². The highest BCUT2D eigenvalue weighted by Crippen LogP contribution is 2.31. The number of carbonyl (C=O) groups is 2. The van der Waals surface area contributed by atoms with Gasteiger partial charge in [0.05, 0.1) is 16.5 Å². The van der Waals surface area contributed by atoms with E-state index in [-0.39, 0.29) is 16.7 Å². The molecule has 1 aromatic heterocycles. The molecule has 136 valence electrons. The topological polar surface area (TPSA) is 110 Å². The Bertz CT molecular complexity index is 1000. The number of carboxylic acids is 1. The Kier molecular flexibility index (Phi) is 4.59. The summed E-state index contributed by atoms with van der Waals surface area (Å²) in [4.78, 5) is 23.6. The smallest absolute Gasteiger partial charge is 0.335 e. The van der Waals surface area contributed by atoms with Gasteiger partial charge >= 0.3 is 5.97 Å². The Labute approximate surface area is 158 Å². The Morgan fingerprint density at radius 3 is 2.74 bits per heavy atom. The largest absolute Gasteiger partial charge is 0.478 e. The minimum atomic E-state index is -0.998. The number of anilines is 1. The lowest BCUT2D eigenvalue weighted by molar-refractivity contribution is -0.115. The van der Waals surface area contributed by atoms with Gasteiger partial charge in [0.15, 0.2) is 0 Å². The number of hydrogen-bond donors (Lipinski definition) is 2. The third-order valence-corrected chi connectivity index (χ3v) is 5.49. The molecule has 2 N–H and O–H groups in total. The van der Waals surface area contributed by atoms with Gasteiger partial charge in [0.1, 0.15) is 0 Å². The summed E-state index contributed by atoms with van der Waals surface area (Å²) in [5, 5.41) is 23.8. The molecule has 0 saturated heterocycles. The molecule has 1 amide bonds. The number of amides is 1. The third kappa shape index (κ3) is 3.54. The van der Waals surface area contributed by atoms with Crippen LogP contribution >= 0.6 is 11.8 Å². The maximum atomic E-state index is 12.6. The van der Waals surface area contributed by atoms with Crippen LogP contribution < -0.4 is 5.32 Å². The number of aryl methyl sites for hydroxylation is 1. The summed E-state index contributed by atoms with van der Waals surface area (Å²) in [5.74, 6) is -1.08. The average molecular weight is 381 g/mol. The molecule has 2 aromatic carbocycles. The zero-order valence-electron chi connectivity index (χ0n) is 14.1. The number of fused-ring (bicyclic) bond motifs is 1. The molecule has 0 bridgehead atoms. The van der Waals surface area contributed by atoms with E-state index in [9.17, 15) is 9.59 Å². The molecule has 1 aliphatic rings. The number of aromatic carboxylic acids is 1. The standard InChI is InChI=1S/C18H15N5O3S/c24-16-15(10-7-11-3-1-2-4-14(11)19-16)27-18-20-21-22-23(18)13-8-5-12(6-9-13)17(25)26/h1-6,8-9,15H,7,10H2,(H,19,24)(H,25,26)/t15-/m1/s1. The van der Waals surface area contributed by atoms with E-state index in [1.165, 1.54) is 28.6 Å². The van der Waals surface area contributed by atoms with E-state index in [2.05, 4.69) is 20.8 Å². The second-order valence-corrected chi connectivity index (χ2v) is 7.19. The summed E-state index contributed by atoms with van der Waals surface area (Å²) in [6.07, 6.45) is 1.44. The van der Waals surface area contributed by atoms with Gasteiger partial charge in [-0.1, -0.05) is 30.0 Å². The van der Waals surface area contributed by atoms with Crippen LogP contribution in [0.3, 0.4) is 0 Å². The average Bonchev–Trinajstić information content (AvgIpc) is 3.07. The van der Waals surface area contributed by atoms with Crippen molar-refractivity contribution < 1.29 is 14.7 Å². The van der Waals surface area contributed by atoms with Gasteiger partial charge in [0.25, 0.3) is 0 Å². The van der Waals surface area contributed by atoms with Crippen molar-refractivity contribution in [1.29, 1.82) is 0 Å². The highest BCUT2D eigenvalue weighted by atomic mass is 32.2. The highest BCUT2D eigenvalue weighted by Gasteiger charge is 2.27. The van der Waals surface area contributed by atoms with Gasteiger partial charge in [0, 0.05) is 5.69 Å². The van der Waals surface area contributed by atoms with Gasteiger partial charge in [-0.05, 0) is 59.2 Å². The van der Waals surface area contributed by atoms with Gasteiger partial charge in [-0.2, -0.15) is 4.68 Å². The molecule has 0 spiro atoms. The summed E-state index contributed by atoms with van der Waals surface area (Å²) in [7, 11) is 0. The first-order chi connectivity index (χ1) is 13.1. The van der Waals surface area contributed by atoms with E-state index in [1.54, 1.807) is 12.1 Å². The molecule has 1 aliphatic heterocycles. The Morgan fingerprint density at radius 1 is 1.19 bits per heavy atom. The summed E-state index contributed by atoms with van der Waals surface area (Å²) >= 11 is 1.29. The van der Waals surface area contributed by atoms with Gasteiger partial charge < -0.3 is 10.4 Å². The van der Waals surface area contributed by atoms with Crippen LogP contribution in [-0.2, 0) is 11.2 Å². The molecule has 0 radical (unpaired) electrons. The van der Waals surface area contributed by atoms with Crippen molar-refractivity contribution in [2.45, 2.75) is 23.2 Å². The minimum absolute atomic E-state index is 0.0827. The quantitative estimate of drug-likeness (QED) is 0.714. The Hall–Kier alpha value is -3.20. The minimum Gasteiger partial charge on any atom is -0.478 e. The van der Waals surface area contributed by atoms with Crippen molar-refractivity contribution in [3.05, 3.63) is 59.7 Å². The number of nitrogens with one attached hydrogen (secondary N) is 1. The van der Waals surface area contributed by atoms with E-state index in [0.29, 0.717) is 17.3 Å². The second kappa shape index (κ2) is 7.20. The van der Waals surface area contributed by atoms with E-state index in [1.807, 2.05) is 24.3 Å². The zero-order valence-corrected chi connectivity index (χ0v) is 14.9. The summed E-state index contributed by atoms with van der Waals surface area (Å²) in [6, 6.07) is 14.0. The first kappa shape index (κ1) is 17.2. The number of rotatable bonds is 4. The fourth-order valence-electron chi connectivity index (χ4n) is 2.89. The number of benzene rings is 2. The number of carbonyl (C=O) groups excluding carboxylic acids is 1. The van der Waals surface area contributed by atoms with Gasteiger partial charge in [-0.3, -0.25) is 4.79 Å². The van der Waals surface area contributed by atoms with Gasteiger partial charge in [-0.25, -0.2) is 4.79 Å². The van der Waals surface area contributed by atoms with Crippen molar-refractivity contribution in [2.24, 2.45) is 0 Å². The predicted octanol–water partition coefficient (Wildman–Crippen LogP) is 2.41. The van der Waals surface area contributed by atoms with Crippen LogP contribution in [0.25, 0.3) is 5.69 Å². The molecule has 0 saturated carbocycles. The number of tetrazole rings is 1. The number of para-hydroxylation sites is 1. The van der Waals surface area contributed by atoms with E-state index < -0.39 is 5.97 Å². The maximum Gasteiger partial charge on any atom is 0.335 e. The summed E-state index contributed by atoms with van der Waals surface area (Å²) < 4.78 is 1.50. The number of carboxylic acid groups (broad SMARTS) is 1. The lowest BCUT2D eigenvalue weighted by Crippen LogP contribution is -2.24. The molecule has 1 atom stereocenters. The van der Waals surface area contributed by atoms with Crippen molar-refractivity contribution in [3.63, 3.8) is 0 Å². The first-order valence-corrected chi connectivity index (χ1v) is 9.17. The molecule has 3 aromatic rings. The predicted molar refractivity (Wildman–Crippen MR) is 99.2 cm³/mol. The van der Waals surface area contributed by atoms with E-state index in [0.717, 1.165) is 17.7 Å². The molecular formula is C18H15N5O3S. The third-order valence-electron chi connectivity index (χ3n) is 4.29. The van der Waals surface area contributed by atoms with E-state index >= 15 is 0 Å². The number of hydrogen-bond acceptors (Lipinski definition) is 6. The van der Waals surface area contributed by atoms with Gasteiger partial charge in [0.2, 0.25) is 11.1 Å². The molecule has 0 aliphatic carbocycles. The van der Waals surface area contributed by atoms with Crippen molar-refractivity contribution >= 4 is 29.3 Å². The number of aromatic nitrogens is 4. The van der Waals surface area contributed by atoms with Crippen LogP contribution in [0.4, 0.5) is 5.69 Å². The number of thioether (sulfide) groups is 1. The van der Waals surface area contributed by atoms with Crippen molar-refractivity contribution in [2.75, 3.05) is 5.32 Å². The molecule has 4 rings (SSSR count). The second-order valence-electron chi connectivity index (χ2n) is 6.02. The van der Waals surface area contributed by atoms with Crippen LogP contribution in [0.1, 0.15) is 22.3 Å². The molecule has 0 unspecified atom stereocenters. The van der Waals surface area contributed by atoms with Crippen molar-refractivity contribution in [1.82, 2.24) is 20.2 Å². The monoisotopic (exact) mass is 381 g/mol. The molecule has 27 heavy (non-hydrogen) atoms. The molecule has 8 nitrogen and oxygen atoms in total. The summed E-state index contributed by atoms with van der Waals surface area (Å²) in [5.41, 5.74) is 2.76. The first-order valence-electron chi connectivity index (χ1n) is 8.29. The van der Waals surface area contributed by atoms with Crippen molar-refractivity contribution in [3.8, 4) is 5.69 Å². The SMILES string of the molecule is O=C(O)c1ccc(-n2nnnc2S[C@@H]2CCc3ccccc3NC2=O)cc1. The molecule has 2 heterocycles. The highest BCUT2D eigenvalue weighted by molar-refractivity contribution is 8.00.